The van der Waals surface area contributed by atoms with Gasteiger partial charge in [-0.15, -0.1) is 0 Å². The first-order valence-corrected chi connectivity index (χ1v) is 18.8. The van der Waals surface area contributed by atoms with Crippen LogP contribution in [0.5, 0.6) is 0 Å². The van der Waals surface area contributed by atoms with Crippen molar-refractivity contribution in [3.05, 3.63) is 0 Å². The number of carbonyl (C=O) groups is 5. The maximum absolute atomic E-state index is 11.5. The Morgan fingerprint density at radius 2 is 0.467 bits per heavy atom. The Bertz CT molecular complexity index is 875. The van der Waals surface area contributed by atoms with Gasteiger partial charge in [-0.25, -0.2) is 0 Å². The first-order chi connectivity index (χ1) is 21.1. The van der Waals surface area contributed by atoms with E-state index >= 15 is 0 Å². The molecule has 5 heteroatoms. The number of rotatable bonds is 0. The zero-order valence-corrected chi connectivity index (χ0v) is 30.9. The summed E-state index contributed by atoms with van der Waals surface area (Å²) < 4.78 is 0. The van der Waals surface area contributed by atoms with Crippen LogP contribution in [0.1, 0.15) is 166 Å². The van der Waals surface area contributed by atoms with Gasteiger partial charge in [-0.05, 0) is 57.8 Å². The third-order valence-electron chi connectivity index (χ3n) is 11.2. The fourth-order valence-electron chi connectivity index (χ4n) is 7.38. The van der Waals surface area contributed by atoms with Gasteiger partial charge in [0.2, 0.25) is 0 Å². The summed E-state index contributed by atoms with van der Waals surface area (Å²) in [5.41, 5.74) is 0. The van der Waals surface area contributed by atoms with E-state index in [1.165, 1.54) is 38.5 Å². The summed E-state index contributed by atoms with van der Waals surface area (Å²) in [6.07, 6.45) is 17.6. The number of carbonyl (C=O) groups excluding carboxylic acids is 5. The summed E-state index contributed by atoms with van der Waals surface area (Å²) in [5, 5.41) is 0. The lowest BCUT2D eigenvalue weighted by atomic mass is 9.76. The lowest BCUT2D eigenvalue weighted by Gasteiger charge is -2.26. The van der Waals surface area contributed by atoms with Gasteiger partial charge in [0.05, 0.1) is 0 Å². The number of Topliss-reactive ketones (excluding diaryl/α,β-unsaturated/α-hetero) is 5. The summed E-state index contributed by atoms with van der Waals surface area (Å²) in [6, 6.07) is 0. The van der Waals surface area contributed by atoms with Crippen molar-refractivity contribution >= 4 is 28.9 Å². The SMILES string of the molecule is C[C@@H]1CCCCC[C@H](C)C1=O.C[C@@H]1CCCC[C@H](C)C1=O.C[C@@H]1CCC[C@H](C)C1=O.C[C@@H]1CC[C@H](C)C1=O.C[C@@H]1C[C@H](C)C1=O. The molecule has 0 radical (unpaired) electrons. The van der Waals surface area contributed by atoms with Gasteiger partial charge in [-0.3, -0.25) is 24.0 Å². The molecular weight excluding hydrogens is 560 g/mol. The largest absolute Gasteiger partial charge is 0.299 e. The minimum Gasteiger partial charge on any atom is -0.299 e. The molecule has 45 heavy (non-hydrogen) atoms. The maximum atomic E-state index is 11.5. The first-order valence-electron chi connectivity index (χ1n) is 18.8. The summed E-state index contributed by atoms with van der Waals surface area (Å²) >= 11 is 0. The lowest BCUT2D eigenvalue weighted by Crippen LogP contribution is -2.32. The molecule has 0 spiro atoms. The fourth-order valence-corrected chi connectivity index (χ4v) is 7.38. The molecule has 0 bridgehead atoms. The van der Waals surface area contributed by atoms with Crippen molar-refractivity contribution in [2.24, 2.45) is 59.2 Å². The Balaban J connectivity index is 0.000000283. The third kappa shape index (κ3) is 14.8. The molecule has 5 nitrogen and oxygen atoms in total. The van der Waals surface area contributed by atoms with Gasteiger partial charge >= 0.3 is 0 Å². The van der Waals surface area contributed by atoms with Crippen molar-refractivity contribution in [3.63, 3.8) is 0 Å². The molecule has 0 aromatic carbocycles. The molecule has 0 unspecified atom stereocenters. The van der Waals surface area contributed by atoms with E-state index in [-0.39, 0.29) is 0 Å². The summed E-state index contributed by atoms with van der Waals surface area (Å²) in [5.74, 6) is 5.79. The highest BCUT2D eigenvalue weighted by Crippen LogP contribution is 2.28. The van der Waals surface area contributed by atoms with Gasteiger partial charge in [0.1, 0.15) is 28.9 Å². The van der Waals surface area contributed by atoms with Gasteiger partial charge < -0.3 is 0 Å². The van der Waals surface area contributed by atoms with Crippen LogP contribution in [-0.4, -0.2) is 28.9 Å². The quantitative estimate of drug-likeness (QED) is 0.249. The van der Waals surface area contributed by atoms with Gasteiger partial charge in [0, 0.05) is 59.2 Å². The standard InChI is InChI=1S/C10H18O.C9H16O.C8H14O.C7H12O.C6H10O/c1-8-6-4-3-5-7-9(2)10(8)11;1-7-5-3-4-6-8(2)9(7)10;1-6-4-3-5-7(2)8(6)9;1-5-3-4-6(2)7(5)8;1-4-3-5(2)6(4)7/h8-9H,3-7H2,1-2H3;7-8H,3-6H2,1-2H3;6-7H,3-5H2,1-2H3;5-6H,3-4H2,1-2H3;4-5H,3H2,1-2H3/t8-,9+;7-,8+;6-,7+;5-,6+;4-,5+. The normalized spacial score (nSPS) is 36.9. The maximum Gasteiger partial charge on any atom is 0.138 e. The zero-order chi connectivity index (χ0) is 34.3. The summed E-state index contributed by atoms with van der Waals surface area (Å²) in [4.78, 5) is 55.4. The van der Waals surface area contributed by atoms with Crippen molar-refractivity contribution in [1.82, 2.24) is 0 Å². The van der Waals surface area contributed by atoms with Crippen LogP contribution in [0.2, 0.25) is 0 Å². The highest BCUT2D eigenvalue weighted by molar-refractivity contribution is 5.88. The molecule has 0 aromatic heterocycles. The molecular formula is C40H70O5. The van der Waals surface area contributed by atoms with Crippen LogP contribution in [0, 0.1) is 59.2 Å². The van der Waals surface area contributed by atoms with Crippen molar-refractivity contribution in [2.45, 2.75) is 166 Å². The van der Waals surface area contributed by atoms with Crippen molar-refractivity contribution in [2.75, 3.05) is 0 Å². The molecule has 260 valence electrons. The lowest BCUT2D eigenvalue weighted by molar-refractivity contribution is -0.134. The van der Waals surface area contributed by atoms with Gasteiger partial charge in [-0.2, -0.15) is 0 Å². The average Bonchev–Trinajstić information content (AvgIpc) is 3.22. The van der Waals surface area contributed by atoms with Crippen molar-refractivity contribution < 1.29 is 24.0 Å². The number of ketones is 5. The first kappa shape index (κ1) is 41.4. The van der Waals surface area contributed by atoms with E-state index in [1.807, 2.05) is 41.5 Å². The third-order valence-corrected chi connectivity index (χ3v) is 11.2. The highest BCUT2D eigenvalue weighted by Gasteiger charge is 2.31. The highest BCUT2D eigenvalue weighted by atomic mass is 16.1. The number of hydrogen-bond donors (Lipinski definition) is 0. The molecule has 0 saturated heterocycles. The zero-order valence-electron chi connectivity index (χ0n) is 30.9. The molecule has 10 atom stereocenters. The Labute approximate surface area is 277 Å². The van der Waals surface area contributed by atoms with Crippen LogP contribution in [0.25, 0.3) is 0 Å². The van der Waals surface area contributed by atoms with E-state index in [0.29, 0.717) is 88.1 Å². The number of hydrogen-bond acceptors (Lipinski definition) is 5. The van der Waals surface area contributed by atoms with E-state index in [1.54, 1.807) is 0 Å². The van der Waals surface area contributed by atoms with Crippen LogP contribution in [-0.2, 0) is 24.0 Å². The van der Waals surface area contributed by atoms with E-state index in [0.717, 1.165) is 57.8 Å². The molecule has 0 N–H and O–H groups in total. The minimum atomic E-state index is 0.324. The molecule has 5 aliphatic carbocycles. The van der Waals surface area contributed by atoms with Crippen LogP contribution >= 0.6 is 0 Å². The molecule has 0 amide bonds. The summed E-state index contributed by atoms with van der Waals surface area (Å²) in [7, 11) is 0. The van der Waals surface area contributed by atoms with E-state index in [2.05, 4.69) is 27.7 Å². The second-order valence-corrected chi connectivity index (χ2v) is 15.7. The van der Waals surface area contributed by atoms with Gasteiger partial charge in [0.15, 0.2) is 0 Å². The monoisotopic (exact) mass is 631 g/mol. The van der Waals surface area contributed by atoms with Crippen LogP contribution in [0.4, 0.5) is 0 Å². The van der Waals surface area contributed by atoms with Crippen LogP contribution in [0.3, 0.4) is 0 Å². The Kier molecular flexibility index (Phi) is 19.6. The second-order valence-electron chi connectivity index (χ2n) is 15.7. The predicted octanol–water partition coefficient (Wildman–Crippen LogP) is 10.1. The molecule has 0 heterocycles. The van der Waals surface area contributed by atoms with Gasteiger partial charge in [-0.1, -0.05) is 108 Å². The Morgan fingerprint density at radius 1 is 0.267 bits per heavy atom. The molecule has 5 saturated carbocycles. The van der Waals surface area contributed by atoms with Gasteiger partial charge in [0.25, 0.3) is 0 Å². The fraction of sp³-hybridized carbons (Fsp3) is 0.875. The van der Waals surface area contributed by atoms with Crippen LogP contribution < -0.4 is 0 Å². The molecule has 5 aliphatic rings. The van der Waals surface area contributed by atoms with E-state index in [4.69, 9.17) is 0 Å². The topological polar surface area (TPSA) is 85.3 Å². The smallest absolute Gasteiger partial charge is 0.138 e. The van der Waals surface area contributed by atoms with Crippen molar-refractivity contribution in [1.29, 1.82) is 0 Å². The second kappa shape index (κ2) is 21.3. The van der Waals surface area contributed by atoms with Crippen molar-refractivity contribution in [3.8, 4) is 0 Å². The Hall–Kier alpha value is -1.65. The molecule has 5 rings (SSSR count). The van der Waals surface area contributed by atoms with Crippen LogP contribution in [0.15, 0.2) is 0 Å². The molecule has 0 aliphatic heterocycles. The summed E-state index contributed by atoms with van der Waals surface area (Å²) in [6.45, 7) is 20.4. The molecule has 0 aromatic rings. The minimum absolute atomic E-state index is 0.324. The molecule has 5 fully saturated rings. The predicted molar refractivity (Wildman–Crippen MR) is 186 cm³/mol. The Morgan fingerprint density at radius 3 is 0.667 bits per heavy atom. The average molecular weight is 631 g/mol. The van der Waals surface area contributed by atoms with E-state index < -0.39 is 0 Å². The van der Waals surface area contributed by atoms with E-state index in [9.17, 15) is 24.0 Å².